The molecule has 108 valence electrons. The lowest BCUT2D eigenvalue weighted by atomic mass is 10.2. The molecule has 0 atom stereocenters. The smallest absolute Gasteiger partial charge is 0.224 e. The van der Waals surface area contributed by atoms with Crippen molar-refractivity contribution < 1.29 is 4.74 Å². The van der Waals surface area contributed by atoms with Crippen LogP contribution in [0, 0.1) is 5.92 Å². The molecule has 0 spiro atoms. The minimum atomic E-state index is 0.532. The lowest BCUT2D eigenvalue weighted by molar-refractivity contribution is 0.110. The Morgan fingerprint density at radius 2 is 2.16 bits per heavy atom. The fraction of sp³-hybridized carbons (Fsp3) is 0.692. The van der Waals surface area contributed by atoms with Crippen molar-refractivity contribution in [3.8, 4) is 0 Å². The molecule has 0 aliphatic carbocycles. The molecule has 0 aliphatic rings. The van der Waals surface area contributed by atoms with E-state index in [0.29, 0.717) is 22.7 Å². The van der Waals surface area contributed by atoms with Crippen LogP contribution in [-0.4, -0.2) is 36.3 Å². The van der Waals surface area contributed by atoms with Crippen molar-refractivity contribution in [1.29, 1.82) is 0 Å². The standard InChI is InChI=1S/C13H23ClN4O/c1-4-15-13-17-8-11(14)12(18-13)16-6-5-7-19-9-10(2)3/h8,10H,4-7,9H2,1-3H3,(H2,15,16,17,18). The normalized spacial score (nSPS) is 10.8. The number of ether oxygens (including phenoxy) is 1. The molecule has 5 nitrogen and oxygen atoms in total. The van der Waals surface area contributed by atoms with Gasteiger partial charge in [0.2, 0.25) is 5.95 Å². The molecule has 0 radical (unpaired) electrons. The first-order valence-corrected chi connectivity index (χ1v) is 7.09. The monoisotopic (exact) mass is 286 g/mol. The summed E-state index contributed by atoms with van der Waals surface area (Å²) in [5.41, 5.74) is 0. The van der Waals surface area contributed by atoms with Gasteiger partial charge in [-0.25, -0.2) is 4.98 Å². The average Bonchev–Trinajstić information content (AvgIpc) is 2.37. The molecule has 0 fully saturated rings. The van der Waals surface area contributed by atoms with E-state index in [2.05, 4.69) is 34.4 Å². The minimum Gasteiger partial charge on any atom is -0.381 e. The Balaban J connectivity index is 2.30. The van der Waals surface area contributed by atoms with E-state index in [0.717, 1.165) is 32.7 Å². The van der Waals surface area contributed by atoms with Crippen LogP contribution in [0.2, 0.25) is 5.02 Å². The van der Waals surface area contributed by atoms with Crippen LogP contribution in [0.4, 0.5) is 11.8 Å². The summed E-state index contributed by atoms with van der Waals surface area (Å²) in [7, 11) is 0. The van der Waals surface area contributed by atoms with E-state index in [1.807, 2.05) is 6.92 Å². The van der Waals surface area contributed by atoms with Gasteiger partial charge in [-0.2, -0.15) is 4.98 Å². The molecular formula is C13H23ClN4O. The Kier molecular flexibility index (Phi) is 7.52. The van der Waals surface area contributed by atoms with Crippen molar-refractivity contribution in [2.75, 3.05) is 36.9 Å². The van der Waals surface area contributed by atoms with E-state index in [-0.39, 0.29) is 0 Å². The van der Waals surface area contributed by atoms with Crippen molar-refractivity contribution in [3.05, 3.63) is 11.2 Å². The van der Waals surface area contributed by atoms with Gasteiger partial charge in [-0.05, 0) is 19.3 Å². The van der Waals surface area contributed by atoms with Crippen molar-refractivity contribution in [1.82, 2.24) is 9.97 Å². The zero-order valence-corrected chi connectivity index (χ0v) is 12.6. The number of halogens is 1. The van der Waals surface area contributed by atoms with E-state index in [9.17, 15) is 0 Å². The maximum atomic E-state index is 6.03. The zero-order valence-electron chi connectivity index (χ0n) is 11.9. The van der Waals surface area contributed by atoms with Gasteiger partial charge in [0.15, 0.2) is 0 Å². The molecule has 0 saturated heterocycles. The van der Waals surface area contributed by atoms with Crippen LogP contribution in [0.5, 0.6) is 0 Å². The van der Waals surface area contributed by atoms with Gasteiger partial charge in [0.1, 0.15) is 10.8 Å². The lowest BCUT2D eigenvalue weighted by Gasteiger charge is -2.10. The van der Waals surface area contributed by atoms with Crippen LogP contribution in [0.25, 0.3) is 0 Å². The summed E-state index contributed by atoms with van der Waals surface area (Å²) in [6, 6.07) is 0. The summed E-state index contributed by atoms with van der Waals surface area (Å²) < 4.78 is 5.51. The summed E-state index contributed by atoms with van der Waals surface area (Å²) in [6.07, 6.45) is 2.52. The molecule has 0 aromatic carbocycles. The van der Waals surface area contributed by atoms with Crippen LogP contribution in [0.15, 0.2) is 6.20 Å². The number of anilines is 2. The quantitative estimate of drug-likeness (QED) is 0.683. The van der Waals surface area contributed by atoms with Crippen LogP contribution in [0.3, 0.4) is 0 Å². The Morgan fingerprint density at radius 1 is 1.37 bits per heavy atom. The maximum absolute atomic E-state index is 6.03. The molecule has 1 aromatic rings. The second kappa shape index (κ2) is 8.93. The topological polar surface area (TPSA) is 59.1 Å². The molecule has 0 aliphatic heterocycles. The molecular weight excluding hydrogens is 264 g/mol. The summed E-state index contributed by atoms with van der Waals surface area (Å²) in [6.45, 7) is 9.39. The molecule has 1 aromatic heterocycles. The SMILES string of the molecule is CCNc1ncc(Cl)c(NCCCOCC(C)C)n1. The number of nitrogens with one attached hydrogen (secondary N) is 2. The number of rotatable bonds is 9. The van der Waals surface area contributed by atoms with Crippen molar-refractivity contribution in [3.63, 3.8) is 0 Å². The first-order valence-electron chi connectivity index (χ1n) is 6.71. The minimum absolute atomic E-state index is 0.532. The van der Waals surface area contributed by atoms with Crippen LogP contribution >= 0.6 is 11.6 Å². The van der Waals surface area contributed by atoms with Gasteiger partial charge in [-0.15, -0.1) is 0 Å². The molecule has 1 heterocycles. The van der Waals surface area contributed by atoms with E-state index in [1.54, 1.807) is 6.20 Å². The number of hydrogen-bond acceptors (Lipinski definition) is 5. The van der Waals surface area contributed by atoms with Crippen molar-refractivity contribution in [2.24, 2.45) is 5.92 Å². The third-order valence-corrected chi connectivity index (χ3v) is 2.56. The van der Waals surface area contributed by atoms with E-state index < -0.39 is 0 Å². The van der Waals surface area contributed by atoms with Crippen LogP contribution in [0.1, 0.15) is 27.2 Å². The largest absolute Gasteiger partial charge is 0.381 e. The van der Waals surface area contributed by atoms with Crippen LogP contribution in [-0.2, 0) is 4.74 Å². The van der Waals surface area contributed by atoms with Gasteiger partial charge in [-0.1, -0.05) is 25.4 Å². The highest BCUT2D eigenvalue weighted by Crippen LogP contribution is 2.19. The van der Waals surface area contributed by atoms with Crippen LogP contribution < -0.4 is 10.6 Å². The zero-order chi connectivity index (χ0) is 14.1. The summed E-state index contributed by atoms with van der Waals surface area (Å²) in [4.78, 5) is 8.39. The fourth-order valence-corrected chi connectivity index (χ4v) is 1.59. The van der Waals surface area contributed by atoms with Crippen molar-refractivity contribution in [2.45, 2.75) is 27.2 Å². The van der Waals surface area contributed by atoms with E-state index in [1.165, 1.54) is 0 Å². The van der Waals surface area contributed by atoms with Crippen molar-refractivity contribution >= 4 is 23.4 Å². The molecule has 0 bridgehead atoms. The lowest BCUT2D eigenvalue weighted by Crippen LogP contribution is -2.11. The highest BCUT2D eigenvalue weighted by atomic mass is 35.5. The highest BCUT2D eigenvalue weighted by molar-refractivity contribution is 6.32. The molecule has 1 rings (SSSR count). The second-order valence-corrected chi connectivity index (χ2v) is 5.08. The second-order valence-electron chi connectivity index (χ2n) is 4.67. The first-order chi connectivity index (χ1) is 9.13. The summed E-state index contributed by atoms with van der Waals surface area (Å²) in [5.74, 6) is 1.83. The molecule has 0 unspecified atom stereocenters. The Bertz CT molecular complexity index is 374. The Labute approximate surface area is 120 Å². The summed E-state index contributed by atoms with van der Waals surface area (Å²) >= 11 is 6.03. The number of nitrogens with zero attached hydrogens (tertiary/aromatic N) is 2. The molecule has 0 amide bonds. The average molecular weight is 287 g/mol. The van der Waals surface area contributed by atoms with Gasteiger partial charge in [0.05, 0.1) is 6.20 Å². The number of hydrogen-bond donors (Lipinski definition) is 2. The van der Waals surface area contributed by atoms with Gasteiger partial charge in [0, 0.05) is 26.3 Å². The molecule has 19 heavy (non-hydrogen) atoms. The van der Waals surface area contributed by atoms with Gasteiger partial charge >= 0.3 is 0 Å². The molecule has 2 N–H and O–H groups in total. The number of aromatic nitrogens is 2. The van der Waals surface area contributed by atoms with E-state index >= 15 is 0 Å². The fourth-order valence-electron chi connectivity index (χ4n) is 1.43. The summed E-state index contributed by atoms with van der Waals surface area (Å²) in [5, 5.41) is 6.78. The Morgan fingerprint density at radius 3 is 2.84 bits per heavy atom. The third kappa shape index (κ3) is 6.59. The van der Waals surface area contributed by atoms with Gasteiger partial charge in [-0.3, -0.25) is 0 Å². The van der Waals surface area contributed by atoms with Gasteiger partial charge < -0.3 is 15.4 Å². The maximum Gasteiger partial charge on any atom is 0.224 e. The third-order valence-electron chi connectivity index (χ3n) is 2.29. The predicted molar refractivity (Wildman–Crippen MR) is 80.0 cm³/mol. The first kappa shape index (κ1) is 16.0. The predicted octanol–water partition coefficient (Wildman–Crippen LogP) is 3.04. The Hall–Kier alpha value is -1.07. The molecule has 0 saturated carbocycles. The molecule has 6 heteroatoms. The van der Waals surface area contributed by atoms with Gasteiger partial charge in [0.25, 0.3) is 0 Å². The highest BCUT2D eigenvalue weighted by Gasteiger charge is 2.04. The van der Waals surface area contributed by atoms with E-state index in [4.69, 9.17) is 16.3 Å².